The minimum atomic E-state index is -4.19. The van der Waals surface area contributed by atoms with E-state index in [1.54, 1.807) is 0 Å². The number of nitrogens with one attached hydrogen (secondary N) is 1. The number of hydrogen-bond acceptors (Lipinski definition) is 6. The van der Waals surface area contributed by atoms with Gasteiger partial charge in [-0.05, 0) is 56.1 Å². The van der Waals surface area contributed by atoms with Crippen LogP contribution in [0.25, 0.3) is 0 Å². The molecule has 0 atom stereocenters. The molecule has 1 aromatic heterocycles. The topological polar surface area (TPSA) is 105 Å². The molecule has 0 saturated carbocycles. The maximum Gasteiger partial charge on any atom is 1.00 e. The van der Waals surface area contributed by atoms with E-state index in [1.165, 1.54) is 24.3 Å². The molecule has 102 valence electrons. The normalized spacial score (nSPS) is 10.8. The van der Waals surface area contributed by atoms with Crippen LogP contribution in [0.15, 0.2) is 38.6 Å². The second kappa shape index (κ2) is 7.25. The molecule has 0 spiro atoms. The van der Waals surface area contributed by atoms with Gasteiger partial charge in [-0.3, -0.25) is 4.55 Å². The number of anilines is 2. The number of hydrogen-bond donors (Lipinski definition) is 2. The summed E-state index contributed by atoms with van der Waals surface area (Å²) in [4.78, 5) is 11.7. The standard InChI is InChI=1S/C9H6Br2N4O3S.Na.H/c10-7-13-8(11)15-9(14-7)12-5-1-3-6(4-2-5)19(16,17)18;;/h1-4H,(H,16,17,18)(H,12,13,14,15);;/q;+1;-1. The molecular weight excluding hydrogens is 427 g/mol. The Morgan fingerprint density at radius 2 is 1.55 bits per heavy atom. The Balaban J connectivity index is 0.00000200. The summed E-state index contributed by atoms with van der Waals surface area (Å²) in [6.45, 7) is 0. The first-order chi connectivity index (χ1) is 8.84. The predicted molar refractivity (Wildman–Crippen MR) is 75.9 cm³/mol. The number of nitrogens with zero attached hydrogens (tertiary/aromatic N) is 3. The van der Waals surface area contributed by atoms with Crippen molar-refractivity contribution >= 4 is 53.6 Å². The van der Waals surface area contributed by atoms with E-state index in [4.69, 9.17) is 4.55 Å². The third kappa shape index (κ3) is 5.02. The van der Waals surface area contributed by atoms with Crippen LogP contribution < -0.4 is 34.9 Å². The molecule has 0 aliphatic rings. The summed E-state index contributed by atoms with van der Waals surface area (Å²) >= 11 is 6.24. The number of rotatable bonds is 3. The van der Waals surface area contributed by atoms with Gasteiger partial charge in [-0.25, -0.2) is 0 Å². The van der Waals surface area contributed by atoms with E-state index in [1.807, 2.05) is 0 Å². The first-order valence-corrected chi connectivity index (χ1v) is 7.79. The van der Waals surface area contributed by atoms with Crippen molar-refractivity contribution in [3.8, 4) is 0 Å². The van der Waals surface area contributed by atoms with Gasteiger partial charge < -0.3 is 6.74 Å². The van der Waals surface area contributed by atoms with Gasteiger partial charge >= 0.3 is 29.6 Å². The van der Waals surface area contributed by atoms with Crippen LogP contribution in [0.2, 0.25) is 0 Å². The Bertz CT molecular complexity index is 697. The van der Waals surface area contributed by atoms with E-state index in [-0.39, 0.29) is 41.8 Å². The number of benzene rings is 1. The van der Waals surface area contributed by atoms with Crippen LogP contribution in [0.1, 0.15) is 1.43 Å². The van der Waals surface area contributed by atoms with Crippen LogP contribution in [0.3, 0.4) is 0 Å². The van der Waals surface area contributed by atoms with E-state index < -0.39 is 10.1 Å². The summed E-state index contributed by atoms with van der Waals surface area (Å²) in [6.07, 6.45) is 0. The van der Waals surface area contributed by atoms with Gasteiger partial charge in [0.15, 0.2) is 0 Å². The molecule has 1 heterocycles. The molecule has 2 rings (SSSR count). The fourth-order valence-corrected chi connectivity index (χ4v) is 2.61. The molecule has 2 aromatic rings. The van der Waals surface area contributed by atoms with Crippen molar-refractivity contribution in [3.05, 3.63) is 33.7 Å². The summed E-state index contributed by atoms with van der Waals surface area (Å²) < 4.78 is 31.3. The molecule has 0 amide bonds. The molecule has 0 fully saturated rings. The first kappa shape index (κ1) is 18.0. The van der Waals surface area contributed by atoms with Gasteiger partial charge in [0.25, 0.3) is 10.1 Å². The maximum atomic E-state index is 10.9. The average molecular weight is 434 g/mol. The SMILES string of the molecule is O=S(=O)(O)c1ccc(Nc2nc(Br)nc(Br)n2)cc1.[H-].[Na+]. The van der Waals surface area contributed by atoms with E-state index >= 15 is 0 Å². The minimum absolute atomic E-state index is 0. The average Bonchev–Trinajstić information content (AvgIpc) is 2.26. The quantitative estimate of drug-likeness (QED) is 0.496. The van der Waals surface area contributed by atoms with Gasteiger partial charge in [0.1, 0.15) is 0 Å². The molecule has 11 heteroatoms. The van der Waals surface area contributed by atoms with Gasteiger partial charge in [0.2, 0.25) is 15.4 Å². The van der Waals surface area contributed by atoms with Crippen LogP contribution in [0.4, 0.5) is 11.6 Å². The zero-order chi connectivity index (χ0) is 14.0. The monoisotopic (exact) mass is 432 g/mol. The third-order valence-electron chi connectivity index (χ3n) is 1.99. The van der Waals surface area contributed by atoms with Crippen molar-refractivity contribution < 1.29 is 44.0 Å². The molecule has 1 aromatic carbocycles. The fraction of sp³-hybridized carbons (Fsp3) is 0. The Hall–Kier alpha value is -0.100. The molecular formula is C9H7Br2N4NaO3S. The van der Waals surface area contributed by atoms with Crippen LogP contribution >= 0.6 is 31.9 Å². The second-order valence-electron chi connectivity index (χ2n) is 3.32. The van der Waals surface area contributed by atoms with Crippen LogP contribution in [0.5, 0.6) is 0 Å². The predicted octanol–water partition coefficient (Wildman–Crippen LogP) is -0.497. The summed E-state index contributed by atoms with van der Waals surface area (Å²) in [5.41, 5.74) is 0.567. The van der Waals surface area contributed by atoms with Gasteiger partial charge in [-0.2, -0.15) is 23.4 Å². The molecule has 0 unspecified atom stereocenters. The van der Waals surface area contributed by atoms with Crippen molar-refractivity contribution in [2.24, 2.45) is 0 Å². The number of aromatic nitrogens is 3. The zero-order valence-corrected chi connectivity index (χ0v) is 16.1. The Labute approximate surface area is 155 Å². The largest absolute Gasteiger partial charge is 1.00 e. The molecule has 0 radical (unpaired) electrons. The summed E-state index contributed by atoms with van der Waals surface area (Å²) in [5.74, 6) is 0.286. The Morgan fingerprint density at radius 1 is 1.05 bits per heavy atom. The van der Waals surface area contributed by atoms with Gasteiger partial charge in [0, 0.05) is 5.69 Å². The van der Waals surface area contributed by atoms with Crippen molar-refractivity contribution in [3.63, 3.8) is 0 Å². The van der Waals surface area contributed by atoms with E-state index in [0.29, 0.717) is 15.2 Å². The van der Waals surface area contributed by atoms with Crippen LogP contribution in [-0.4, -0.2) is 27.9 Å². The number of halogens is 2. The van der Waals surface area contributed by atoms with Gasteiger partial charge in [-0.15, -0.1) is 0 Å². The van der Waals surface area contributed by atoms with Crippen molar-refractivity contribution in [1.82, 2.24) is 15.0 Å². The minimum Gasteiger partial charge on any atom is -1.00 e. The molecule has 0 aliphatic carbocycles. The van der Waals surface area contributed by atoms with Crippen molar-refractivity contribution in [2.75, 3.05) is 5.32 Å². The van der Waals surface area contributed by atoms with Crippen LogP contribution in [-0.2, 0) is 10.1 Å². The molecule has 20 heavy (non-hydrogen) atoms. The van der Waals surface area contributed by atoms with E-state index in [0.717, 1.165) is 0 Å². The Kier molecular flexibility index (Phi) is 6.51. The third-order valence-corrected chi connectivity index (χ3v) is 3.57. The van der Waals surface area contributed by atoms with E-state index in [9.17, 15) is 8.42 Å². The van der Waals surface area contributed by atoms with Crippen molar-refractivity contribution in [1.29, 1.82) is 0 Å². The molecule has 0 saturated heterocycles. The van der Waals surface area contributed by atoms with Gasteiger partial charge in [0.05, 0.1) is 4.90 Å². The molecule has 0 bridgehead atoms. The van der Waals surface area contributed by atoms with Crippen LogP contribution in [0, 0.1) is 0 Å². The van der Waals surface area contributed by atoms with Gasteiger partial charge in [-0.1, -0.05) is 0 Å². The second-order valence-corrected chi connectivity index (χ2v) is 6.16. The maximum absolute atomic E-state index is 10.9. The zero-order valence-electron chi connectivity index (χ0n) is 11.1. The Morgan fingerprint density at radius 3 is 2.00 bits per heavy atom. The molecule has 2 N–H and O–H groups in total. The van der Waals surface area contributed by atoms with E-state index in [2.05, 4.69) is 52.1 Å². The fourth-order valence-electron chi connectivity index (χ4n) is 1.22. The summed E-state index contributed by atoms with van der Waals surface area (Å²) in [5, 5.41) is 2.87. The smallest absolute Gasteiger partial charge is 1.00 e. The summed E-state index contributed by atoms with van der Waals surface area (Å²) in [6, 6.07) is 5.50. The van der Waals surface area contributed by atoms with Crippen molar-refractivity contribution in [2.45, 2.75) is 4.90 Å². The molecule has 7 nitrogen and oxygen atoms in total. The first-order valence-electron chi connectivity index (χ1n) is 4.76. The molecule has 0 aliphatic heterocycles. The summed E-state index contributed by atoms with van der Waals surface area (Å²) in [7, 11) is -4.19.